The number of hydrogen-bond acceptors (Lipinski definition) is 5. The maximum atomic E-state index is 12.8. The topological polar surface area (TPSA) is 97.9 Å². The predicted octanol–water partition coefficient (Wildman–Crippen LogP) is 4.61. The van der Waals surface area contributed by atoms with E-state index in [1.54, 1.807) is 48.5 Å². The van der Waals surface area contributed by atoms with Crippen molar-refractivity contribution in [2.45, 2.75) is 0 Å². The molecule has 0 bridgehead atoms. The molecule has 0 aliphatic carbocycles. The molecule has 0 aromatic heterocycles. The van der Waals surface area contributed by atoms with Crippen LogP contribution in [0.5, 0.6) is 17.2 Å². The van der Waals surface area contributed by atoms with Crippen LogP contribution >= 0.6 is 0 Å². The molecule has 3 rings (SSSR count). The van der Waals surface area contributed by atoms with Crippen LogP contribution in [0.1, 0.15) is 10.4 Å². The molecule has 0 atom stereocenters. The van der Waals surface area contributed by atoms with Gasteiger partial charge in [0.1, 0.15) is 0 Å². The summed E-state index contributed by atoms with van der Waals surface area (Å²) in [4.78, 5) is 25.0. The summed E-state index contributed by atoms with van der Waals surface area (Å²) in [5.41, 5.74) is 2.04. The van der Waals surface area contributed by atoms with Gasteiger partial charge in [-0.15, -0.1) is 0 Å². The van der Waals surface area contributed by atoms with Crippen LogP contribution in [0, 0.1) is 0 Å². The van der Waals surface area contributed by atoms with Gasteiger partial charge in [0.05, 0.1) is 21.3 Å². The monoisotopic (exact) mass is 421 g/mol. The van der Waals surface area contributed by atoms with Crippen molar-refractivity contribution in [2.24, 2.45) is 0 Å². The summed E-state index contributed by atoms with van der Waals surface area (Å²) in [5.74, 6) is 0.780. The minimum Gasteiger partial charge on any atom is -0.493 e. The average Bonchev–Trinajstić information content (AvgIpc) is 2.78. The Bertz CT molecular complexity index is 1040. The number of para-hydroxylation sites is 1. The zero-order valence-corrected chi connectivity index (χ0v) is 17.4. The lowest BCUT2D eigenvalue weighted by Gasteiger charge is -2.14. The van der Waals surface area contributed by atoms with Crippen LogP contribution in [-0.4, -0.2) is 33.3 Å². The lowest BCUT2D eigenvalue weighted by atomic mass is 10.1. The van der Waals surface area contributed by atoms with Crippen molar-refractivity contribution in [2.75, 3.05) is 37.3 Å². The van der Waals surface area contributed by atoms with E-state index in [2.05, 4.69) is 16.0 Å². The molecule has 0 saturated heterocycles. The molecule has 3 amide bonds. The number of benzene rings is 3. The maximum Gasteiger partial charge on any atom is 0.323 e. The first-order chi connectivity index (χ1) is 15.0. The van der Waals surface area contributed by atoms with Crippen LogP contribution in [0.2, 0.25) is 0 Å². The van der Waals surface area contributed by atoms with Crippen LogP contribution in [0.3, 0.4) is 0 Å². The third kappa shape index (κ3) is 5.45. The first kappa shape index (κ1) is 21.5. The van der Waals surface area contributed by atoms with E-state index in [-0.39, 0.29) is 11.9 Å². The standard InChI is InChI=1S/C23H23N3O5/c1-29-19-12-15(13-20(30-2)21(19)31-3)22(27)24-17-10-7-11-18(14-17)26-23(28)25-16-8-5-4-6-9-16/h4-14H,1-3H3,(H,24,27)(H2,25,26,28). The smallest absolute Gasteiger partial charge is 0.323 e. The molecule has 8 nitrogen and oxygen atoms in total. The fourth-order valence-electron chi connectivity index (χ4n) is 2.91. The van der Waals surface area contributed by atoms with E-state index in [9.17, 15) is 9.59 Å². The second kappa shape index (κ2) is 10.0. The average molecular weight is 421 g/mol. The summed E-state index contributed by atoms with van der Waals surface area (Å²) in [6.45, 7) is 0. The fraction of sp³-hybridized carbons (Fsp3) is 0.130. The van der Waals surface area contributed by atoms with E-state index in [0.717, 1.165) is 0 Å². The highest BCUT2D eigenvalue weighted by atomic mass is 16.5. The fourth-order valence-corrected chi connectivity index (χ4v) is 2.91. The molecule has 0 unspecified atom stereocenters. The highest BCUT2D eigenvalue weighted by Gasteiger charge is 2.17. The molecular weight excluding hydrogens is 398 g/mol. The van der Waals surface area contributed by atoms with Gasteiger partial charge in [0.15, 0.2) is 11.5 Å². The first-order valence-corrected chi connectivity index (χ1v) is 9.38. The highest BCUT2D eigenvalue weighted by molar-refractivity contribution is 6.06. The number of rotatable bonds is 7. The van der Waals surface area contributed by atoms with Gasteiger partial charge in [0.25, 0.3) is 5.91 Å². The Morgan fingerprint density at radius 1 is 0.645 bits per heavy atom. The quantitative estimate of drug-likeness (QED) is 0.518. The highest BCUT2D eigenvalue weighted by Crippen LogP contribution is 2.38. The Hall–Kier alpha value is -4.20. The number of carbonyl (C=O) groups excluding carboxylic acids is 2. The second-order valence-corrected chi connectivity index (χ2v) is 6.39. The molecule has 31 heavy (non-hydrogen) atoms. The Labute approximate surface area is 180 Å². The van der Waals surface area contributed by atoms with Gasteiger partial charge < -0.3 is 30.2 Å². The van der Waals surface area contributed by atoms with Gasteiger partial charge in [-0.05, 0) is 42.5 Å². The Morgan fingerprint density at radius 3 is 1.77 bits per heavy atom. The van der Waals surface area contributed by atoms with Gasteiger partial charge >= 0.3 is 6.03 Å². The van der Waals surface area contributed by atoms with E-state index in [1.807, 2.05) is 18.2 Å². The summed E-state index contributed by atoms with van der Waals surface area (Å²) >= 11 is 0. The summed E-state index contributed by atoms with van der Waals surface area (Å²) < 4.78 is 15.9. The summed E-state index contributed by atoms with van der Waals surface area (Å²) in [7, 11) is 4.45. The van der Waals surface area contributed by atoms with Crippen molar-refractivity contribution >= 4 is 29.0 Å². The predicted molar refractivity (Wildman–Crippen MR) is 120 cm³/mol. The van der Waals surface area contributed by atoms with Crippen LogP contribution in [0.25, 0.3) is 0 Å². The number of carbonyl (C=O) groups is 2. The molecule has 0 aliphatic heterocycles. The third-order valence-electron chi connectivity index (χ3n) is 4.34. The third-order valence-corrected chi connectivity index (χ3v) is 4.34. The van der Waals surface area contributed by atoms with Gasteiger partial charge in [-0.3, -0.25) is 4.79 Å². The van der Waals surface area contributed by atoms with E-state index < -0.39 is 0 Å². The summed E-state index contributed by atoms with van der Waals surface area (Å²) in [5, 5.41) is 8.27. The molecule has 3 N–H and O–H groups in total. The van der Waals surface area contributed by atoms with Crippen molar-refractivity contribution in [1.29, 1.82) is 0 Å². The number of anilines is 3. The van der Waals surface area contributed by atoms with Gasteiger partial charge in [0, 0.05) is 22.6 Å². The van der Waals surface area contributed by atoms with Crippen LogP contribution in [0.4, 0.5) is 21.9 Å². The van der Waals surface area contributed by atoms with E-state index >= 15 is 0 Å². The lowest BCUT2D eigenvalue weighted by Crippen LogP contribution is -2.19. The van der Waals surface area contributed by atoms with Gasteiger partial charge in [-0.25, -0.2) is 4.79 Å². The molecule has 0 fully saturated rings. The number of methoxy groups -OCH3 is 3. The van der Waals surface area contributed by atoms with Crippen LogP contribution in [0.15, 0.2) is 66.7 Å². The summed E-state index contributed by atoms with van der Waals surface area (Å²) in [6, 6.07) is 18.6. The van der Waals surface area contributed by atoms with Crippen molar-refractivity contribution < 1.29 is 23.8 Å². The van der Waals surface area contributed by atoms with Gasteiger partial charge in [-0.1, -0.05) is 24.3 Å². The maximum absolute atomic E-state index is 12.8. The first-order valence-electron chi connectivity index (χ1n) is 9.38. The largest absolute Gasteiger partial charge is 0.493 e. The van der Waals surface area contributed by atoms with Crippen LogP contribution in [-0.2, 0) is 0 Å². The zero-order chi connectivity index (χ0) is 22.2. The van der Waals surface area contributed by atoms with E-state index in [4.69, 9.17) is 14.2 Å². The van der Waals surface area contributed by atoms with Crippen LogP contribution < -0.4 is 30.2 Å². The molecule has 8 heteroatoms. The number of ether oxygens (including phenoxy) is 3. The molecule has 160 valence electrons. The normalized spacial score (nSPS) is 10.0. The van der Waals surface area contributed by atoms with Crippen molar-refractivity contribution in [3.63, 3.8) is 0 Å². The number of amides is 3. The Balaban J connectivity index is 1.72. The Kier molecular flexibility index (Phi) is 6.95. The molecule has 0 radical (unpaired) electrons. The zero-order valence-electron chi connectivity index (χ0n) is 17.4. The van der Waals surface area contributed by atoms with E-state index in [1.165, 1.54) is 21.3 Å². The minimum absolute atomic E-state index is 0.328. The van der Waals surface area contributed by atoms with Crippen molar-refractivity contribution in [1.82, 2.24) is 0 Å². The Morgan fingerprint density at radius 2 is 1.19 bits per heavy atom. The number of nitrogens with one attached hydrogen (secondary N) is 3. The van der Waals surface area contributed by atoms with Crippen molar-refractivity contribution in [3.05, 3.63) is 72.3 Å². The SMILES string of the molecule is COc1cc(C(=O)Nc2cccc(NC(=O)Nc3ccccc3)c2)cc(OC)c1OC. The molecular formula is C23H23N3O5. The minimum atomic E-state index is -0.390. The molecule has 0 spiro atoms. The molecule has 3 aromatic rings. The number of hydrogen-bond donors (Lipinski definition) is 3. The van der Waals surface area contributed by atoms with Gasteiger partial charge in [0.2, 0.25) is 5.75 Å². The second-order valence-electron chi connectivity index (χ2n) is 6.39. The lowest BCUT2D eigenvalue weighted by molar-refractivity contribution is 0.102. The molecule has 0 saturated carbocycles. The number of urea groups is 1. The van der Waals surface area contributed by atoms with Gasteiger partial charge in [-0.2, -0.15) is 0 Å². The molecule has 0 aliphatic rings. The van der Waals surface area contributed by atoms with E-state index in [0.29, 0.717) is 39.9 Å². The molecule has 0 heterocycles. The summed E-state index contributed by atoms with van der Waals surface area (Å²) in [6.07, 6.45) is 0. The molecule has 3 aromatic carbocycles. The van der Waals surface area contributed by atoms with Crippen molar-refractivity contribution in [3.8, 4) is 17.2 Å².